The van der Waals surface area contributed by atoms with Crippen molar-refractivity contribution in [3.05, 3.63) is 0 Å². The quantitative estimate of drug-likeness (QED) is 0.469. The molecule has 0 bridgehead atoms. The van der Waals surface area contributed by atoms with Crippen LogP contribution in [0.2, 0.25) is 0 Å². The lowest BCUT2D eigenvalue weighted by atomic mass is 9.44. The maximum atomic E-state index is 13.2. The lowest BCUT2D eigenvalue weighted by molar-refractivity contribution is -0.252. The van der Waals surface area contributed by atoms with Crippen molar-refractivity contribution in [3.8, 4) is 0 Å². The van der Waals surface area contributed by atoms with Crippen molar-refractivity contribution in [1.82, 2.24) is 0 Å². The molecule has 0 amide bonds. The summed E-state index contributed by atoms with van der Waals surface area (Å²) in [6, 6.07) is 0. The molecule has 34 heavy (non-hydrogen) atoms. The second kappa shape index (κ2) is 7.78. The van der Waals surface area contributed by atoms with Gasteiger partial charge in [0.05, 0.1) is 12.7 Å². The summed E-state index contributed by atoms with van der Waals surface area (Å²) in [5.41, 5.74) is 0.602. The summed E-state index contributed by atoms with van der Waals surface area (Å²) >= 11 is 0. The van der Waals surface area contributed by atoms with E-state index in [1.165, 1.54) is 32.1 Å². The number of carbonyl (C=O) groups is 2. The molecule has 2 aliphatic heterocycles. The largest absolute Gasteiger partial charge is 0.463 e. The van der Waals surface area contributed by atoms with E-state index in [2.05, 4.69) is 27.7 Å². The van der Waals surface area contributed by atoms with Crippen LogP contribution in [0.5, 0.6) is 0 Å². The third-order valence-electron chi connectivity index (χ3n) is 12.0. The molecule has 4 saturated carbocycles. The Bertz CT molecular complexity index is 871. The molecule has 190 valence electrons. The van der Waals surface area contributed by atoms with Crippen LogP contribution in [-0.4, -0.2) is 36.4 Å². The van der Waals surface area contributed by atoms with Crippen molar-refractivity contribution >= 4 is 11.8 Å². The van der Waals surface area contributed by atoms with Gasteiger partial charge in [0.2, 0.25) is 5.79 Å². The van der Waals surface area contributed by atoms with Gasteiger partial charge < -0.3 is 14.2 Å². The highest BCUT2D eigenvalue weighted by Gasteiger charge is 2.70. The van der Waals surface area contributed by atoms with Crippen LogP contribution in [0.3, 0.4) is 0 Å². The lowest BCUT2D eigenvalue weighted by Crippen LogP contribution is -2.56. The summed E-state index contributed by atoms with van der Waals surface area (Å²) < 4.78 is 18.6. The van der Waals surface area contributed by atoms with E-state index in [-0.39, 0.29) is 35.3 Å². The molecule has 0 aromatic carbocycles. The van der Waals surface area contributed by atoms with Crippen molar-refractivity contribution in [2.75, 3.05) is 6.61 Å². The predicted octanol–water partition coefficient (Wildman–Crippen LogP) is 5.54. The Balaban J connectivity index is 1.22. The van der Waals surface area contributed by atoms with Crippen LogP contribution in [0.15, 0.2) is 0 Å². The SMILES string of the molecule is CC(=O)O[C@@H]1CC[C@@]2(C)[C@H](CC[C@@H]3[C@@H]2CC[C@]2(C)[C@@H]4[C@H](C[C@@H]32)O[C@@]2(OC[C@H](C)CC2=O)[C@H]4C)C1. The zero-order chi connectivity index (χ0) is 24.0. The molecule has 5 heteroatoms. The number of esters is 1. The van der Waals surface area contributed by atoms with Crippen LogP contribution >= 0.6 is 0 Å². The molecule has 2 saturated heterocycles. The molecule has 5 nitrogen and oxygen atoms in total. The average molecular weight is 473 g/mol. The lowest BCUT2D eigenvalue weighted by Gasteiger charge is -2.61. The predicted molar refractivity (Wildman–Crippen MR) is 128 cm³/mol. The van der Waals surface area contributed by atoms with Gasteiger partial charge in [-0.15, -0.1) is 0 Å². The second-order valence-electron chi connectivity index (χ2n) is 13.6. The Morgan fingerprint density at radius 3 is 2.50 bits per heavy atom. The van der Waals surface area contributed by atoms with E-state index in [1.54, 1.807) is 6.92 Å². The van der Waals surface area contributed by atoms with Crippen LogP contribution in [0, 0.1) is 52.3 Å². The number of hydrogen-bond acceptors (Lipinski definition) is 5. The maximum Gasteiger partial charge on any atom is 0.302 e. The van der Waals surface area contributed by atoms with Crippen LogP contribution in [0.1, 0.15) is 92.4 Å². The molecule has 0 N–H and O–H groups in total. The van der Waals surface area contributed by atoms with Gasteiger partial charge >= 0.3 is 5.97 Å². The third kappa shape index (κ3) is 3.11. The van der Waals surface area contributed by atoms with Crippen molar-refractivity contribution < 1.29 is 23.8 Å². The first-order chi connectivity index (χ1) is 16.1. The highest BCUT2D eigenvalue weighted by atomic mass is 16.7. The number of ether oxygens (including phenoxy) is 3. The number of fused-ring (bicyclic) bond motifs is 7. The zero-order valence-electron chi connectivity index (χ0n) is 21.8. The monoisotopic (exact) mass is 472 g/mol. The molecule has 0 aromatic heterocycles. The van der Waals surface area contributed by atoms with Gasteiger partial charge in [-0.25, -0.2) is 0 Å². The van der Waals surface area contributed by atoms with Crippen LogP contribution in [0.4, 0.5) is 0 Å². The minimum Gasteiger partial charge on any atom is -0.463 e. The summed E-state index contributed by atoms with van der Waals surface area (Å²) in [4.78, 5) is 24.7. The fourth-order valence-corrected chi connectivity index (χ4v) is 10.5. The molecule has 6 rings (SSSR count). The molecule has 6 aliphatic rings. The molecular formula is C29H44O5. The molecule has 12 atom stereocenters. The van der Waals surface area contributed by atoms with E-state index < -0.39 is 5.79 Å². The minimum atomic E-state index is -0.981. The second-order valence-corrected chi connectivity index (χ2v) is 13.6. The van der Waals surface area contributed by atoms with E-state index in [0.717, 1.165) is 31.1 Å². The van der Waals surface area contributed by atoms with Crippen molar-refractivity contribution in [3.63, 3.8) is 0 Å². The smallest absolute Gasteiger partial charge is 0.302 e. The summed E-state index contributed by atoms with van der Waals surface area (Å²) in [6.07, 6.45) is 10.3. The zero-order valence-corrected chi connectivity index (χ0v) is 21.8. The van der Waals surface area contributed by atoms with Crippen molar-refractivity contribution in [1.29, 1.82) is 0 Å². The van der Waals surface area contributed by atoms with Crippen molar-refractivity contribution in [2.45, 2.75) is 110 Å². The average Bonchev–Trinajstić information content (AvgIpc) is 3.22. The molecule has 0 aromatic rings. The van der Waals surface area contributed by atoms with Gasteiger partial charge in [-0.2, -0.15) is 0 Å². The van der Waals surface area contributed by atoms with Gasteiger partial charge in [0.25, 0.3) is 0 Å². The Morgan fingerprint density at radius 2 is 1.76 bits per heavy atom. The number of ketones is 1. The number of rotatable bonds is 1. The molecule has 1 spiro atoms. The topological polar surface area (TPSA) is 61.8 Å². The molecule has 2 heterocycles. The Kier molecular flexibility index (Phi) is 5.37. The first-order valence-corrected chi connectivity index (χ1v) is 14.1. The summed E-state index contributed by atoms with van der Waals surface area (Å²) in [6.45, 7) is 11.6. The first kappa shape index (κ1) is 23.5. The molecule has 4 aliphatic carbocycles. The molecule has 0 radical (unpaired) electrons. The maximum absolute atomic E-state index is 13.2. The van der Waals surface area contributed by atoms with Gasteiger partial charge in [0.1, 0.15) is 6.10 Å². The number of Topliss-reactive ketones (excluding diaryl/α,β-unsaturated/α-hetero) is 1. The first-order valence-electron chi connectivity index (χ1n) is 14.1. The molecular weight excluding hydrogens is 428 g/mol. The van der Waals surface area contributed by atoms with Gasteiger partial charge in [-0.3, -0.25) is 9.59 Å². The summed E-state index contributed by atoms with van der Waals surface area (Å²) in [5.74, 6) is 2.79. The Labute approximate surface area is 205 Å². The highest BCUT2D eigenvalue weighted by Crippen LogP contribution is 2.71. The summed E-state index contributed by atoms with van der Waals surface area (Å²) in [5, 5.41) is 0. The normalized spacial score (nSPS) is 56.4. The highest BCUT2D eigenvalue weighted by molar-refractivity contribution is 5.87. The molecule has 0 unspecified atom stereocenters. The fourth-order valence-electron chi connectivity index (χ4n) is 10.5. The van der Waals surface area contributed by atoms with Gasteiger partial charge in [-0.1, -0.05) is 27.7 Å². The van der Waals surface area contributed by atoms with Crippen LogP contribution in [0.25, 0.3) is 0 Å². The van der Waals surface area contributed by atoms with E-state index in [4.69, 9.17) is 14.2 Å². The van der Waals surface area contributed by atoms with Crippen LogP contribution < -0.4 is 0 Å². The van der Waals surface area contributed by atoms with E-state index in [1.807, 2.05) is 0 Å². The Morgan fingerprint density at radius 1 is 1.00 bits per heavy atom. The third-order valence-corrected chi connectivity index (χ3v) is 12.0. The van der Waals surface area contributed by atoms with Gasteiger partial charge in [0.15, 0.2) is 5.78 Å². The minimum absolute atomic E-state index is 0.119. The standard InChI is InChI=1S/C29H44O5/c1-16-12-25(31)29(32-15-16)17(2)26-24(34-29)14-23-21-7-6-19-13-20(33-18(3)30)8-10-27(19,4)22(21)9-11-28(23,26)5/h16-17,19-24,26H,6-15H2,1-5H3/t16-,17+,19-,20-,21-,22+,23+,24+,26+,27+,28+,29+/m1/s1. The van der Waals surface area contributed by atoms with E-state index in [9.17, 15) is 9.59 Å². The van der Waals surface area contributed by atoms with Crippen LogP contribution in [-0.2, 0) is 23.8 Å². The van der Waals surface area contributed by atoms with E-state index in [0.29, 0.717) is 42.1 Å². The molecule has 6 fully saturated rings. The van der Waals surface area contributed by atoms with Crippen molar-refractivity contribution in [2.24, 2.45) is 52.3 Å². The Hall–Kier alpha value is -0.940. The van der Waals surface area contributed by atoms with E-state index >= 15 is 0 Å². The number of carbonyl (C=O) groups excluding carboxylic acids is 2. The number of hydrogen-bond donors (Lipinski definition) is 0. The summed E-state index contributed by atoms with van der Waals surface area (Å²) in [7, 11) is 0. The fraction of sp³-hybridized carbons (Fsp3) is 0.931. The van der Waals surface area contributed by atoms with Gasteiger partial charge in [0, 0.05) is 19.3 Å². The van der Waals surface area contributed by atoms with Gasteiger partial charge in [-0.05, 0) is 97.7 Å².